The predicted molar refractivity (Wildman–Crippen MR) is 55.7 cm³/mol. The van der Waals surface area contributed by atoms with Crippen LogP contribution >= 0.6 is 15.9 Å². The van der Waals surface area contributed by atoms with E-state index in [1.807, 2.05) is 0 Å². The minimum Gasteiger partial charge on any atom is -0.373 e. The van der Waals surface area contributed by atoms with Gasteiger partial charge in [-0.2, -0.15) is 0 Å². The third-order valence-corrected chi connectivity index (χ3v) is 2.30. The van der Waals surface area contributed by atoms with Gasteiger partial charge in [0.25, 0.3) is 0 Å². The SMILES string of the molecule is C/C(=C/CBr)CCC=C1COC1. The fourth-order valence-electron chi connectivity index (χ4n) is 1.08. The maximum atomic E-state index is 5.05. The van der Waals surface area contributed by atoms with Crippen LogP contribution in [0.1, 0.15) is 19.8 Å². The second-order valence-electron chi connectivity index (χ2n) is 3.10. The van der Waals surface area contributed by atoms with Crippen LogP contribution < -0.4 is 0 Å². The quantitative estimate of drug-likeness (QED) is 0.533. The lowest BCUT2D eigenvalue weighted by Crippen LogP contribution is -2.15. The number of allylic oxidation sites excluding steroid dienone is 3. The summed E-state index contributed by atoms with van der Waals surface area (Å²) >= 11 is 3.38. The van der Waals surface area contributed by atoms with E-state index in [0.717, 1.165) is 25.0 Å². The monoisotopic (exact) mass is 230 g/mol. The lowest BCUT2D eigenvalue weighted by atomic mass is 10.1. The van der Waals surface area contributed by atoms with Gasteiger partial charge in [-0.3, -0.25) is 0 Å². The molecule has 1 aliphatic heterocycles. The first-order chi connectivity index (χ1) is 5.83. The maximum absolute atomic E-state index is 5.05. The molecule has 0 bridgehead atoms. The van der Waals surface area contributed by atoms with Gasteiger partial charge in [0.05, 0.1) is 13.2 Å². The molecule has 0 aromatic rings. The van der Waals surface area contributed by atoms with Crippen molar-refractivity contribution in [2.24, 2.45) is 0 Å². The molecule has 0 aromatic carbocycles. The summed E-state index contributed by atoms with van der Waals surface area (Å²) in [6.07, 6.45) is 6.86. The number of hydrogen-bond donors (Lipinski definition) is 0. The molecule has 1 nitrogen and oxygen atoms in total. The summed E-state index contributed by atoms with van der Waals surface area (Å²) in [5.74, 6) is 0. The molecule has 1 saturated heterocycles. The summed E-state index contributed by atoms with van der Waals surface area (Å²) in [4.78, 5) is 0. The number of alkyl halides is 1. The van der Waals surface area contributed by atoms with Crippen LogP contribution in [-0.2, 0) is 4.74 Å². The third-order valence-electron chi connectivity index (χ3n) is 1.97. The normalized spacial score (nSPS) is 17.5. The molecule has 0 unspecified atom stereocenters. The highest BCUT2D eigenvalue weighted by Crippen LogP contribution is 2.12. The fraction of sp³-hybridized carbons (Fsp3) is 0.600. The van der Waals surface area contributed by atoms with Crippen molar-refractivity contribution in [2.45, 2.75) is 19.8 Å². The van der Waals surface area contributed by atoms with Crippen molar-refractivity contribution in [3.05, 3.63) is 23.3 Å². The maximum Gasteiger partial charge on any atom is 0.0703 e. The summed E-state index contributed by atoms with van der Waals surface area (Å²) in [6, 6.07) is 0. The Hall–Kier alpha value is -0.0800. The summed E-state index contributed by atoms with van der Waals surface area (Å²) in [6.45, 7) is 3.90. The van der Waals surface area contributed by atoms with Gasteiger partial charge in [-0.05, 0) is 25.3 Å². The van der Waals surface area contributed by atoms with Crippen molar-refractivity contribution in [1.29, 1.82) is 0 Å². The summed E-state index contributed by atoms with van der Waals surface area (Å²) < 4.78 is 5.05. The number of ether oxygens (including phenoxy) is 1. The molecule has 2 heteroatoms. The van der Waals surface area contributed by atoms with Crippen LogP contribution in [0.5, 0.6) is 0 Å². The molecular formula is C10H15BrO. The van der Waals surface area contributed by atoms with Crippen molar-refractivity contribution in [1.82, 2.24) is 0 Å². The van der Waals surface area contributed by atoms with E-state index < -0.39 is 0 Å². The molecular weight excluding hydrogens is 216 g/mol. The first-order valence-electron chi connectivity index (χ1n) is 4.30. The van der Waals surface area contributed by atoms with Crippen LogP contribution in [0.2, 0.25) is 0 Å². The molecule has 68 valence electrons. The average molecular weight is 231 g/mol. The van der Waals surface area contributed by atoms with E-state index in [2.05, 4.69) is 35.0 Å². The van der Waals surface area contributed by atoms with Crippen molar-refractivity contribution in [3.8, 4) is 0 Å². The molecule has 12 heavy (non-hydrogen) atoms. The molecule has 0 saturated carbocycles. The Morgan fingerprint density at radius 1 is 1.58 bits per heavy atom. The molecule has 1 rings (SSSR count). The molecule has 0 atom stereocenters. The average Bonchev–Trinajstić information content (AvgIpc) is 1.95. The zero-order chi connectivity index (χ0) is 8.81. The van der Waals surface area contributed by atoms with Crippen LogP contribution in [0.3, 0.4) is 0 Å². The number of hydrogen-bond acceptors (Lipinski definition) is 1. The molecule has 0 radical (unpaired) electrons. The molecule has 0 spiro atoms. The molecule has 1 aliphatic rings. The van der Waals surface area contributed by atoms with Gasteiger partial charge >= 0.3 is 0 Å². The lowest BCUT2D eigenvalue weighted by molar-refractivity contribution is 0.102. The van der Waals surface area contributed by atoms with E-state index in [0.29, 0.717) is 0 Å². The van der Waals surface area contributed by atoms with Crippen LogP contribution in [0.4, 0.5) is 0 Å². The van der Waals surface area contributed by atoms with Crippen LogP contribution in [0.15, 0.2) is 23.3 Å². The molecule has 1 heterocycles. The summed E-state index contributed by atoms with van der Waals surface area (Å²) in [5.41, 5.74) is 2.92. The van der Waals surface area contributed by atoms with Crippen LogP contribution in [-0.4, -0.2) is 18.5 Å². The first-order valence-corrected chi connectivity index (χ1v) is 5.42. The Bertz CT molecular complexity index is 188. The topological polar surface area (TPSA) is 9.23 Å². The highest BCUT2D eigenvalue weighted by molar-refractivity contribution is 9.09. The second-order valence-corrected chi connectivity index (χ2v) is 3.75. The standard InChI is InChI=1S/C10H15BrO/c1-9(5-6-11)3-2-4-10-7-12-8-10/h4-5H,2-3,6-8H2,1H3/b9-5-. The van der Waals surface area contributed by atoms with Gasteiger partial charge in [0.1, 0.15) is 0 Å². The van der Waals surface area contributed by atoms with E-state index in [1.54, 1.807) is 0 Å². The largest absolute Gasteiger partial charge is 0.373 e. The molecule has 1 fully saturated rings. The lowest BCUT2D eigenvalue weighted by Gasteiger charge is -2.17. The van der Waals surface area contributed by atoms with Crippen molar-refractivity contribution in [3.63, 3.8) is 0 Å². The van der Waals surface area contributed by atoms with E-state index >= 15 is 0 Å². The second kappa shape index (κ2) is 5.55. The number of rotatable bonds is 4. The smallest absolute Gasteiger partial charge is 0.0703 e. The Kier molecular flexibility index (Phi) is 4.62. The van der Waals surface area contributed by atoms with Gasteiger partial charge in [-0.1, -0.05) is 33.7 Å². The van der Waals surface area contributed by atoms with Gasteiger partial charge < -0.3 is 4.74 Å². The van der Waals surface area contributed by atoms with E-state index in [-0.39, 0.29) is 0 Å². The van der Waals surface area contributed by atoms with Gasteiger partial charge in [0.15, 0.2) is 0 Å². The highest BCUT2D eigenvalue weighted by atomic mass is 79.9. The van der Waals surface area contributed by atoms with Crippen molar-refractivity contribution >= 4 is 15.9 Å². The molecule has 0 N–H and O–H groups in total. The van der Waals surface area contributed by atoms with Crippen LogP contribution in [0, 0.1) is 0 Å². The van der Waals surface area contributed by atoms with Gasteiger partial charge in [-0.25, -0.2) is 0 Å². The minimum absolute atomic E-state index is 0.862. The van der Waals surface area contributed by atoms with Crippen molar-refractivity contribution in [2.75, 3.05) is 18.5 Å². The zero-order valence-corrected chi connectivity index (χ0v) is 9.06. The highest BCUT2D eigenvalue weighted by Gasteiger charge is 2.06. The van der Waals surface area contributed by atoms with Gasteiger partial charge in [-0.15, -0.1) is 0 Å². The zero-order valence-electron chi connectivity index (χ0n) is 7.48. The Balaban J connectivity index is 2.12. The third kappa shape index (κ3) is 3.55. The van der Waals surface area contributed by atoms with E-state index in [1.165, 1.54) is 17.6 Å². The summed E-state index contributed by atoms with van der Waals surface area (Å²) in [5, 5.41) is 0.971. The number of halogens is 1. The predicted octanol–water partition coefficient (Wildman–Crippen LogP) is 3.06. The Morgan fingerprint density at radius 3 is 2.83 bits per heavy atom. The van der Waals surface area contributed by atoms with Crippen LogP contribution in [0.25, 0.3) is 0 Å². The molecule has 0 aliphatic carbocycles. The minimum atomic E-state index is 0.862. The summed E-state index contributed by atoms with van der Waals surface area (Å²) in [7, 11) is 0. The fourth-order valence-corrected chi connectivity index (χ4v) is 1.63. The molecule has 0 aromatic heterocycles. The van der Waals surface area contributed by atoms with Gasteiger partial charge in [0, 0.05) is 5.33 Å². The Labute approximate surface area is 82.6 Å². The van der Waals surface area contributed by atoms with Crippen molar-refractivity contribution < 1.29 is 4.74 Å². The first kappa shape index (κ1) is 10.0. The van der Waals surface area contributed by atoms with E-state index in [4.69, 9.17) is 4.74 Å². The Morgan fingerprint density at radius 2 is 2.33 bits per heavy atom. The van der Waals surface area contributed by atoms with E-state index in [9.17, 15) is 0 Å². The molecule has 0 amide bonds. The van der Waals surface area contributed by atoms with Gasteiger partial charge in [0.2, 0.25) is 0 Å².